The van der Waals surface area contributed by atoms with Gasteiger partial charge in [-0.05, 0) is 43.5 Å². The second kappa shape index (κ2) is 7.41. The molecule has 2 N–H and O–H groups in total. The van der Waals surface area contributed by atoms with Crippen LogP contribution < -0.4 is 10.5 Å². The summed E-state index contributed by atoms with van der Waals surface area (Å²) in [5, 5.41) is 4.07. The molecule has 0 saturated carbocycles. The molecule has 0 aliphatic rings. The van der Waals surface area contributed by atoms with Gasteiger partial charge in [-0.15, -0.1) is 0 Å². The zero-order chi connectivity index (χ0) is 13.3. The molecular formula is C14H20N4O. The Bertz CT molecular complexity index is 453. The number of hydrogen-bond donors (Lipinski definition) is 1. The normalized spacial score (nSPS) is 10.5. The third-order valence-electron chi connectivity index (χ3n) is 2.90. The number of benzene rings is 1. The van der Waals surface area contributed by atoms with Crippen LogP contribution in [0.1, 0.15) is 25.7 Å². The number of hydrogen-bond acceptors (Lipinski definition) is 4. The monoisotopic (exact) mass is 260 g/mol. The average Bonchev–Trinajstić information content (AvgIpc) is 2.93. The topological polar surface area (TPSA) is 66.0 Å². The predicted octanol–water partition coefficient (Wildman–Crippen LogP) is 2.50. The first kappa shape index (κ1) is 13.4. The minimum atomic E-state index is 0.757. The molecule has 1 aromatic carbocycles. The van der Waals surface area contributed by atoms with Crippen molar-refractivity contribution in [2.24, 2.45) is 0 Å². The first-order valence-corrected chi connectivity index (χ1v) is 6.65. The highest BCUT2D eigenvalue weighted by Crippen LogP contribution is 2.13. The van der Waals surface area contributed by atoms with Gasteiger partial charge in [0.15, 0.2) is 0 Å². The van der Waals surface area contributed by atoms with E-state index < -0.39 is 0 Å². The van der Waals surface area contributed by atoms with Crippen molar-refractivity contribution in [3.05, 3.63) is 36.9 Å². The molecule has 1 aromatic heterocycles. The Balaban J connectivity index is 1.49. The van der Waals surface area contributed by atoms with E-state index in [0.29, 0.717) is 0 Å². The van der Waals surface area contributed by atoms with E-state index in [-0.39, 0.29) is 0 Å². The van der Waals surface area contributed by atoms with Crippen LogP contribution in [0.3, 0.4) is 0 Å². The third kappa shape index (κ3) is 4.99. The van der Waals surface area contributed by atoms with E-state index in [1.165, 1.54) is 12.8 Å². The summed E-state index contributed by atoms with van der Waals surface area (Å²) in [5.41, 5.74) is 6.37. The van der Waals surface area contributed by atoms with Gasteiger partial charge < -0.3 is 10.5 Å². The van der Waals surface area contributed by atoms with E-state index >= 15 is 0 Å². The molecule has 19 heavy (non-hydrogen) atoms. The predicted molar refractivity (Wildman–Crippen MR) is 74.8 cm³/mol. The van der Waals surface area contributed by atoms with E-state index in [0.717, 1.165) is 37.4 Å². The molecule has 0 amide bonds. The number of anilines is 1. The molecule has 0 aliphatic heterocycles. The number of unbranched alkanes of at least 4 members (excludes halogenated alkanes) is 3. The van der Waals surface area contributed by atoms with Gasteiger partial charge in [-0.3, -0.25) is 4.68 Å². The van der Waals surface area contributed by atoms with Crippen molar-refractivity contribution in [1.29, 1.82) is 0 Å². The van der Waals surface area contributed by atoms with Crippen LogP contribution in [0.4, 0.5) is 5.69 Å². The molecule has 0 saturated heterocycles. The van der Waals surface area contributed by atoms with Gasteiger partial charge in [0, 0.05) is 12.2 Å². The van der Waals surface area contributed by atoms with Gasteiger partial charge in [-0.1, -0.05) is 6.42 Å². The summed E-state index contributed by atoms with van der Waals surface area (Å²) in [4.78, 5) is 3.91. The summed E-state index contributed by atoms with van der Waals surface area (Å²) in [7, 11) is 0. The highest BCUT2D eigenvalue weighted by molar-refractivity contribution is 5.41. The van der Waals surface area contributed by atoms with Gasteiger partial charge in [0.25, 0.3) is 0 Å². The number of aryl methyl sites for hydroxylation is 1. The molecule has 2 rings (SSSR count). The maximum absolute atomic E-state index is 5.63. The Morgan fingerprint density at radius 3 is 2.58 bits per heavy atom. The Morgan fingerprint density at radius 1 is 1.05 bits per heavy atom. The molecular weight excluding hydrogens is 240 g/mol. The van der Waals surface area contributed by atoms with E-state index in [9.17, 15) is 0 Å². The zero-order valence-electron chi connectivity index (χ0n) is 11.0. The van der Waals surface area contributed by atoms with Gasteiger partial charge in [0.1, 0.15) is 18.4 Å². The van der Waals surface area contributed by atoms with Crippen LogP contribution in [-0.2, 0) is 6.54 Å². The van der Waals surface area contributed by atoms with E-state index in [4.69, 9.17) is 10.5 Å². The third-order valence-corrected chi connectivity index (χ3v) is 2.90. The first-order valence-electron chi connectivity index (χ1n) is 6.65. The zero-order valence-corrected chi connectivity index (χ0v) is 11.0. The molecule has 0 fully saturated rings. The fourth-order valence-corrected chi connectivity index (χ4v) is 1.83. The molecule has 0 atom stereocenters. The van der Waals surface area contributed by atoms with Gasteiger partial charge >= 0.3 is 0 Å². The van der Waals surface area contributed by atoms with Crippen molar-refractivity contribution < 1.29 is 4.74 Å². The quantitative estimate of drug-likeness (QED) is 0.585. The standard InChI is InChI=1S/C14H20N4O/c15-13-5-7-14(8-6-13)19-10-4-2-1-3-9-18-12-16-11-17-18/h5-8,11-12H,1-4,9-10,15H2. The molecule has 0 aliphatic carbocycles. The van der Waals surface area contributed by atoms with E-state index in [1.807, 2.05) is 28.9 Å². The molecule has 5 heteroatoms. The summed E-state index contributed by atoms with van der Waals surface area (Å²) in [6, 6.07) is 7.51. The highest BCUT2D eigenvalue weighted by Gasteiger charge is 1.95. The van der Waals surface area contributed by atoms with Crippen LogP contribution >= 0.6 is 0 Å². The lowest BCUT2D eigenvalue weighted by Gasteiger charge is -2.06. The summed E-state index contributed by atoms with van der Waals surface area (Å²) in [6.07, 6.45) is 7.88. The molecule has 5 nitrogen and oxygen atoms in total. The largest absolute Gasteiger partial charge is 0.494 e. The maximum atomic E-state index is 5.63. The smallest absolute Gasteiger partial charge is 0.137 e. The average molecular weight is 260 g/mol. The molecule has 0 unspecified atom stereocenters. The summed E-state index contributed by atoms with van der Waals surface area (Å²) in [6.45, 7) is 1.70. The fourth-order valence-electron chi connectivity index (χ4n) is 1.83. The second-order valence-electron chi connectivity index (χ2n) is 4.49. The van der Waals surface area contributed by atoms with E-state index in [1.54, 1.807) is 12.7 Å². The van der Waals surface area contributed by atoms with Crippen molar-refractivity contribution in [2.45, 2.75) is 32.2 Å². The second-order valence-corrected chi connectivity index (χ2v) is 4.49. The summed E-state index contributed by atoms with van der Waals surface area (Å²) < 4.78 is 7.50. The van der Waals surface area contributed by atoms with Crippen LogP contribution in [0.25, 0.3) is 0 Å². The van der Waals surface area contributed by atoms with Crippen LogP contribution in [0, 0.1) is 0 Å². The number of ether oxygens (including phenoxy) is 1. The lowest BCUT2D eigenvalue weighted by Crippen LogP contribution is -2.00. The Hall–Kier alpha value is -2.04. The number of nitrogens with zero attached hydrogens (tertiary/aromatic N) is 3. The number of rotatable bonds is 8. The lowest BCUT2D eigenvalue weighted by molar-refractivity contribution is 0.304. The molecule has 2 aromatic rings. The Labute approximate surface area is 113 Å². The fraction of sp³-hybridized carbons (Fsp3) is 0.429. The van der Waals surface area contributed by atoms with Crippen LogP contribution in [0.15, 0.2) is 36.9 Å². The van der Waals surface area contributed by atoms with E-state index in [2.05, 4.69) is 10.1 Å². The maximum Gasteiger partial charge on any atom is 0.137 e. The molecule has 0 spiro atoms. The minimum Gasteiger partial charge on any atom is -0.494 e. The lowest BCUT2D eigenvalue weighted by atomic mass is 10.2. The molecule has 0 bridgehead atoms. The van der Waals surface area contributed by atoms with Crippen molar-refractivity contribution in [2.75, 3.05) is 12.3 Å². The van der Waals surface area contributed by atoms with Crippen LogP contribution in [-0.4, -0.2) is 21.4 Å². The minimum absolute atomic E-state index is 0.757. The van der Waals surface area contributed by atoms with Gasteiger partial charge in [-0.25, -0.2) is 4.98 Å². The molecule has 0 radical (unpaired) electrons. The van der Waals surface area contributed by atoms with Gasteiger partial charge in [0.2, 0.25) is 0 Å². The highest BCUT2D eigenvalue weighted by atomic mass is 16.5. The Morgan fingerprint density at radius 2 is 1.84 bits per heavy atom. The van der Waals surface area contributed by atoms with Crippen molar-refractivity contribution in [3.63, 3.8) is 0 Å². The van der Waals surface area contributed by atoms with Crippen molar-refractivity contribution in [1.82, 2.24) is 14.8 Å². The van der Waals surface area contributed by atoms with Crippen molar-refractivity contribution >= 4 is 5.69 Å². The van der Waals surface area contributed by atoms with Crippen LogP contribution in [0.2, 0.25) is 0 Å². The number of aromatic nitrogens is 3. The van der Waals surface area contributed by atoms with Crippen LogP contribution in [0.5, 0.6) is 5.75 Å². The molecule has 1 heterocycles. The number of nitrogen functional groups attached to an aromatic ring is 1. The van der Waals surface area contributed by atoms with Gasteiger partial charge in [0.05, 0.1) is 6.61 Å². The summed E-state index contributed by atoms with van der Waals surface area (Å²) in [5.74, 6) is 0.886. The SMILES string of the molecule is Nc1ccc(OCCCCCCn2cncn2)cc1. The number of nitrogens with two attached hydrogens (primary N) is 1. The first-order chi connectivity index (χ1) is 9.34. The summed E-state index contributed by atoms with van der Waals surface area (Å²) >= 11 is 0. The Kier molecular flexibility index (Phi) is 5.22. The van der Waals surface area contributed by atoms with Gasteiger partial charge in [-0.2, -0.15) is 5.10 Å². The molecule has 102 valence electrons. The van der Waals surface area contributed by atoms with Crippen molar-refractivity contribution in [3.8, 4) is 5.75 Å².